The Labute approximate surface area is 108 Å². The van der Waals surface area contributed by atoms with Crippen molar-refractivity contribution in [2.45, 2.75) is 25.8 Å². The van der Waals surface area contributed by atoms with Gasteiger partial charge >= 0.3 is 0 Å². The smallest absolute Gasteiger partial charge is 0.259 e. The predicted molar refractivity (Wildman–Crippen MR) is 70.2 cm³/mol. The highest BCUT2D eigenvalue weighted by Gasteiger charge is 2.37. The van der Waals surface area contributed by atoms with Gasteiger partial charge in [-0.25, -0.2) is 0 Å². The Kier molecular flexibility index (Phi) is 3.70. The molecule has 18 heavy (non-hydrogen) atoms. The Morgan fingerprint density at radius 3 is 2.61 bits per heavy atom. The fourth-order valence-corrected chi connectivity index (χ4v) is 2.73. The molecule has 1 aliphatic rings. The van der Waals surface area contributed by atoms with E-state index in [-0.39, 0.29) is 6.04 Å². The van der Waals surface area contributed by atoms with Gasteiger partial charge in [-0.15, -0.1) is 0 Å². The van der Waals surface area contributed by atoms with Crippen LogP contribution in [0.5, 0.6) is 0 Å². The lowest BCUT2D eigenvalue weighted by Crippen LogP contribution is -2.39. The first-order valence-corrected chi connectivity index (χ1v) is 7.47. The summed E-state index contributed by atoms with van der Waals surface area (Å²) in [7, 11) is -0.373. The van der Waals surface area contributed by atoms with E-state index in [2.05, 4.69) is 9.71 Å². The van der Waals surface area contributed by atoms with Crippen LogP contribution in [0.2, 0.25) is 0 Å². The molecular formula is C12H19N3O2S. The molecule has 100 valence electrons. The summed E-state index contributed by atoms with van der Waals surface area (Å²) >= 11 is 0. The molecular weight excluding hydrogens is 250 g/mol. The van der Waals surface area contributed by atoms with Crippen LogP contribution >= 0.6 is 0 Å². The summed E-state index contributed by atoms with van der Waals surface area (Å²) in [6, 6.07) is 3.61. The van der Waals surface area contributed by atoms with Gasteiger partial charge in [-0.05, 0) is 37.3 Å². The maximum absolute atomic E-state index is 11.9. The highest BCUT2D eigenvalue weighted by molar-refractivity contribution is 7.87. The predicted octanol–water partition coefficient (Wildman–Crippen LogP) is 1.24. The van der Waals surface area contributed by atoms with Crippen LogP contribution in [0.15, 0.2) is 18.3 Å². The molecule has 0 amide bonds. The molecule has 0 radical (unpaired) electrons. The van der Waals surface area contributed by atoms with E-state index in [0.29, 0.717) is 5.92 Å². The largest absolute Gasteiger partial charge is 0.279 e. The summed E-state index contributed by atoms with van der Waals surface area (Å²) in [5.74, 6) is 0.369. The van der Waals surface area contributed by atoms with Crippen molar-refractivity contribution in [3.8, 4) is 0 Å². The van der Waals surface area contributed by atoms with Gasteiger partial charge in [-0.3, -0.25) is 4.98 Å². The molecule has 1 aliphatic carbocycles. The summed E-state index contributed by atoms with van der Waals surface area (Å²) < 4.78 is 27.8. The third-order valence-corrected chi connectivity index (χ3v) is 4.71. The minimum atomic E-state index is -3.42. The second-order valence-electron chi connectivity index (χ2n) is 4.93. The van der Waals surface area contributed by atoms with Gasteiger partial charge in [0, 0.05) is 20.3 Å². The zero-order chi connectivity index (χ0) is 13.3. The first-order chi connectivity index (χ1) is 8.42. The second kappa shape index (κ2) is 4.95. The van der Waals surface area contributed by atoms with Crippen LogP contribution in [-0.2, 0) is 10.2 Å². The third-order valence-electron chi connectivity index (χ3n) is 3.19. The molecule has 0 aliphatic heterocycles. The number of aromatic nitrogens is 1. The van der Waals surface area contributed by atoms with E-state index in [1.165, 1.54) is 18.4 Å². The van der Waals surface area contributed by atoms with Gasteiger partial charge in [-0.1, -0.05) is 6.07 Å². The molecule has 1 aromatic rings. The summed E-state index contributed by atoms with van der Waals surface area (Å²) in [5.41, 5.74) is 1.86. The van der Waals surface area contributed by atoms with Crippen molar-refractivity contribution >= 4 is 10.2 Å². The normalized spacial score (nSPS) is 18.0. The average molecular weight is 269 g/mol. The molecule has 1 aromatic heterocycles. The first kappa shape index (κ1) is 13.5. The van der Waals surface area contributed by atoms with Crippen molar-refractivity contribution in [3.05, 3.63) is 29.6 Å². The van der Waals surface area contributed by atoms with E-state index >= 15 is 0 Å². The van der Waals surface area contributed by atoms with Gasteiger partial charge in [-0.2, -0.15) is 17.4 Å². The zero-order valence-electron chi connectivity index (χ0n) is 10.9. The van der Waals surface area contributed by atoms with Crippen LogP contribution < -0.4 is 4.72 Å². The minimum absolute atomic E-state index is 0.210. The highest BCUT2D eigenvalue weighted by Crippen LogP contribution is 2.41. The van der Waals surface area contributed by atoms with E-state index in [4.69, 9.17) is 0 Å². The van der Waals surface area contributed by atoms with Crippen LogP contribution in [0.4, 0.5) is 0 Å². The maximum Gasteiger partial charge on any atom is 0.279 e. The van der Waals surface area contributed by atoms with Gasteiger partial charge < -0.3 is 0 Å². The van der Waals surface area contributed by atoms with Crippen LogP contribution in [0.1, 0.15) is 30.1 Å². The maximum atomic E-state index is 11.9. The minimum Gasteiger partial charge on any atom is -0.259 e. The SMILES string of the molecule is Cc1cccnc1C(NS(=O)(=O)N(C)C)C1CC1. The monoisotopic (exact) mass is 269 g/mol. The fraction of sp³-hybridized carbons (Fsp3) is 0.583. The summed E-state index contributed by atoms with van der Waals surface area (Å²) in [4.78, 5) is 4.34. The molecule has 1 N–H and O–H groups in total. The van der Waals surface area contributed by atoms with Crippen molar-refractivity contribution in [2.24, 2.45) is 5.92 Å². The van der Waals surface area contributed by atoms with Crippen LogP contribution in [0, 0.1) is 12.8 Å². The van der Waals surface area contributed by atoms with E-state index in [1.54, 1.807) is 6.20 Å². The summed E-state index contributed by atoms with van der Waals surface area (Å²) in [6.45, 7) is 1.96. The first-order valence-electron chi connectivity index (χ1n) is 6.03. The van der Waals surface area contributed by atoms with E-state index < -0.39 is 10.2 Å². The lowest BCUT2D eigenvalue weighted by Gasteiger charge is -2.21. The van der Waals surface area contributed by atoms with Crippen LogP contribution in [0.3, 0.4) is 0 Å². The van der Waals surface area contributed by atoms with Crippen LogP contribution in [-0.4, -0.2) is 31.8 Å². The summed E-state index contributed by atoms with van der Waals surface area (Å²) in [5, 5.41) is 0. The number of nitrogens with zero attached hydrogens (tertiary/aromatic N) is 2. The molecule has 1 saturated carbocycles. The molecule has 1 heterocycles. The van der Waals surface area contributed by atoms with Crippen LogP contribution in [0.25, 0.3) is 0 Å². The average Bonchev–Trinajstić information content (AvgIpc) is 3.10. The Morgan fingerprint density at radius 2 is 2.11 bits per heavy atom. The Morgan fingerprint density at radius 1 is 1.44 bits per heavy atom. The number of hydrogen-bond donors (Lipinski definition) is 1. The number of hydrogen-bond acceptors (Lipinski definition) is 3. The number of pyridine rings is 1. The van der Waals surface area contributed by atoms with Gasteiger partial charge in [0.1, 0.15) is 0 Å². The van der Waals surface area contributed by atoms with E-state index in [1.807, 2.05) is 19.1 Å². The molecule has 0 aromatic carbocycles. The number of rotatable bonds is 5. The lowest BCUT2D eigenvalue weighted by molar-refractivity contribution is 0.469. The zero-order valence-corrected chi connectivity index (χ0v) is 11.7. The molecule has 0 spiro atoms. The molecule has 1 atom stereocenters. The standard InChI is InChI=1S/C12H19N3O2S/c1-9-5-4-8-13-11(9)12(10-6-7-10)14-18(16,17)15(2)3/h4-5,8,10,12,14H,6-7H2,1-3H3. The van der Waals surface area contributed by atoms with Gasteiger partial charge in [0.15, 0.2) is 0 Å². The topological polar surface area (TPSA) is 62.3 Å². The molecule has 1 fully saturated rings. The molecule has 1 unspecified atom stereocenters. The van der Waals surface area contributed by atoms with Crippen molar-refractivity contribution in [1.29, 1.82) is 0 Å². The quantitative estimate of drug-likeness (QED) is 0.874. The van der Waals surface area contributed by atoms with E-state index in [9.17, 15) is 8.42 Å². The second-order valence-corrected chi connectivity index (χ2v) is 6.84. The Balaban J connectivity index is 2.28. The number of nitrogens with one attached hydrogen (secondary N) is 1. The number of aryl methyl sites for hydroxylation is 1. The van der Waals surface area contributed by atoms with Gasteiger partial charge in [0.2, 0.25) is 0 Å². The van der Waals surface area contributed by atoms with Crippen molar-refractivity contribution in [3.63, 3.8) is 0 Å². The molecule has 0 bridgehead atoms. The summed E-state index contributed by atoms with van der Waals surface area (Å²) in [6.07, 6.45) is 3.81. The highest BCUT2D eigenvalue weighted by atomic mass is 32.2. The van der Waals surface area contributed by atoms with E-state index in [0.717, 1.165) is 24.1 Å². The van der Waals surface area contributed by atoms with Gasteiger partial charge in [0.05, 0.1) is 11.7 Å². The van der Waals surface area contributed by atoms with Crippen molar-refractivity contribution in [1.82, 2.24) is 14.0 Å². The Hall–Kier alpha value is -0.980. The molecule has 6 heteroatoms. The fourth-order valence-electron chi connectivity index (χ4n) is 1.89. The third kappa shape index (κ3) is 2.88. The van der Waals surface area contributed by atoms with Crippen molar-refractivity contribution < 1.29 is 8.42 Å². The lowest BCUT2D eigenvalue weighted by atomic mass is 10.1. The molecule has 2 rings (SSSR count). The molecule has 0 saturated heterocycles. The van der Waals surface area contributed by atoms with Crippen molar-refractivity contribution in [2.75, 3.05) is 14.1 Å². The molecule has 5 nitrogen and oxygen atoms in total. The van der Waals surface area contributed by atoms with Gasteiger partial charge in [0.25, 0.3) is 10.2 Å². The Bertz CT molecular complexity index is 524.